The van der Waals surface area contributed by atoms with Crippen LogP contribution in [0.15, 0.2) is 54.9 Å². The summed E-state index contributed by atoms with van der Waals surface area (Å²) in [7, 11) is 0. The molecular weight excluding hydrogens is 264 g/mol. The lowest BCUT2D eigenvalue weighted by Crippen LogP contribution is -2.52. The third-order valence-electron chi connectivity index (χ3n) is 3.31. The maximum Gasteiger partial charge on any atom is 0.326 e. The number of carbonyl (C=O) groups excluding carboxylic acids is 1. The van der Waals surface area contributed by atoms with Crippen LogP contribution in [0.5, 0.6) is 0 Å². The molecule has 0 radical (unpaired) electrons. The number of aromatic nitrogens is 1. The van der Waals surface area contributed by atoms with Gasteiger partial charge in [-0.05, 0) is 30.2 Å². The monoisotopic (exact) mass is 284 g/mol. The molecule has 0 aliphatic carbocycles. The molecule has 2 aromatic rings. The Hall–Kier alpha value is -2.20. The molecule has 21 heavy (non-hydrogen) atoms. The molecule has 0 bridgehead atoms. The predicted octanol–water partition coefficient (Wildman–Crippen LogP) is 2.13. The minimum absolute atomic E-state index is 0.322. The van der Waals surface area contributed by atoms with E-state index in [9.17, 15) is 4.79 Å². The Labute approximate surface area is 125 Å². The van der Waals surface area contributed by atoms with Crippen LogP contribution >= 0.6 is 0 Å². The summed E-state index contributed by atoms with van der Waals surface area (Å²) in [5.41, 5.74) is 7.31. The van der Waals surface area contributed by atoms with Gasteiger partial charge in [-0.1, -0.05) is 30.3 Å². The van der Waals surface area contributed by atoms with Crippen LogP contribution < -0.4 is 5.73 Å². The van der Waals surface area contributed by atoms with Crippen LogP contribution in [0.2, 0.25) is 0 Å². The third kappa shape index (κ3) is 4.13. The van der Waals surface area contributed by atoms with Crippen LogP contribution in [0.1, 0.15) is 18.1 Å². The molecule has 2 rings (SSSR count). The molecule has 110 valence electrons. The molecule has 2 N–H and O–H groups in total. The lowest BCUT2D eigenvalue weighted by Gasteiger charge is -2.27. The van der Waals surface area contributed by atoms with E-state index in [0.29, 0.717) is 19.4 Å². The number of esters is 1. The first kappa shape index (κ1) is 15.2. The predicted molar refractivity (Wildman–Crippen MR) is 81.6 cm³/mol. The summed E-state index contributed by atoms with van der Waals surface area (Å²) in [4.78, 5) is 16.3. The SMILES string of the molecule is CCOC(=O)[C@](N)(Cc1ccccc1)Cc1ccncc1. The molecule has 0 saturated heterocycles. The van der Waals surface area contributed by atoms with Crippen LogP contribution in [0, 0.1) is 0 Å². The molecule has 0 unspecified atom stereocenters. The highest BCUT2D eigenvalue weighted by Gasteiger charge is 2.36. The number of hydrogen-bond acceptors (Lipinski definition) is 4. The molecule has 0 spiro atoms. The molecular formula is C17H20N2O2. The number of ether oxygens (including phenoxy) is 1. The second kappa shape index (κ2) is 6.99. The zero-order chi connectivity index (χ0) is 15.1. The van der Waals surface area contributed by atoms with Crippen molar-refractivity contribution in [1.82, 2.24) is 4.98 Å². The van der Waals surface area contributed by atoms with Gasteiger partial charge >= 0.3 is 5.97 Å². The number of benzene rings is 1. The molecule has 0 aliphatic rings. The Balaban J connectivity index is 2.23. The highest BCUT2D eigenvalue weighted by atomic mass is 16.5. The van der Waals surface area contributed by atoms with Crippen molar-refractivity contribution in [2.75, 3.05) is 6.61 Å². The molecule has 4 heteroatoms. The van der Waals surface area contributed by atoms with Gasteiger partial charge in [0, 0.05) is 25.2 Å². The smallest absolute Gasteiger partial charge is 0.326 e. The summed E-state index contributed by atoms with van der Waals surface area (Å²) >= 11 is 0. The van der Waals surface area contributed by atoms with Crippen LogP contribution in [-0.2, 0) is 22.4 Å². The van der Waals surface area contributed by atoms with Gasteiger partial charge in [0.1, 0.15) is 5.54 Å². The van der Waals surface area contributed by atoms with Crippen molar-refractivity contribution in [1.29, 1.82) is 0 Å². The second-order valence-corrected chi connectivity index (χ2v) is 5.07. The number of nitrogens with two attached hydrogens (primary N) is 1. The van der Waals surface area contributed by atoms with E-state index in [1.165, 1.54) is 0 Å². The fourth-order valence-corrected chi connectivity index (χ4v) is 2.31. The standard InChI is InChI=1S/C17H20N2O2/c1-2-21-16(20)17(18,12-14-6-4-3-5-7-14)13-15-8-10-19-11-9-15/h3-11H,2,12-13,18H2,1H3/t17-/m0/s1. The van der Waals surface area contributed by atoms with E-state index >= 15 is 0 Å². The lowest BCUT2D eigenvalue weighted by molar-refractivity contribution is -0.149. The first-order valence-corrected chi connectivity index (χ1v) is 7.03. The molecule has 1 aromatic carbocycles. The normalized spacial score (nSPS) is 13.4. The zero-order valence-electron chi connectivity index (χ0n) is 12.2. The number of pyridine rings is 1. The highest BCUT2D eigenvalue weighted by Crippen LogP contribution is 2.18. The lowest BCUT2D eigenvalue weighted by atomic mass is 9.86. The number of carbonyl (C=O) groups is 1. The number of nitrogens with zero attached hydrogens (tertiary/aromatic N) is 1. The van der Waals surface area contributed by atoms with Crippen LogP contribution in [-0.4, -0.2) is 23.1 Å². The van der Waals surface area contributed by atoms with Crippen molar-refractivity contribution in [3.63, 3.8) is 0 Å². The van der Waals surface area contributed by atoms with E-state index in [0.717, 1.165) is 11.1 Å². The molecule has 0 aliphatic heterocycles. The Morgan fingerprint density at radius 3 is 2.24 bits per heavy atom. The average Bonchev–Trinajstić information content (AvgIpc) is 2.49. The van der Waals surface area contributed by atoms with Gasteiger partial charge in [-0.25, -0.2) is 0 Å². The molecule has 1 atom stereocenters. The summed E-state index contributed by atoms with van der Waals surface area (Å²) < 4.78 is 5.17. The maximum absolute atomic E-state index is 12.3. The van der Waals surface area contributed by atoms with Crippen molar-refractivity contribution in [3.8, 4) is 0 Å². The van der Waals surface area contributed by atoms with Crippen LogP contribution in [0.3, 0.4) is 0 Å². The minimum atomic E-state index is -1.07. The molecule has 0 saturated carbocycles. The fraction of sp³-hybridized carbons (Fsp3) is 0.294. The Morgan fingerprint density at radius 2 is 1.67 bits per heavy atom. The summed E-state index contributed by atoms with van der Waals surface area (Å²) in [5, 5.41) is 0. The van der Waals surface area contributed by atoms with Gasteiger partial charge in [-0.3, -0.25) is 9.78 Å². The quantitative estimate of drug-likeness (QED) is 0.825. The van der Waals surface area contributed by atoms with Crippen molar-refractivity contribution in [2.45, 2.75) is 25.3 Å². The van der Waals surface area contributed by atoms with Crippen molar-refractivity contribution in [3.05, 3.63) is 66.0 Å². The van der Waals surface area contributed by atoms with E-state index < -0.39 is 5.54 Å². The Bertz CT molecular complexity index is 528. The summed E-state index contributed by atoms with van der Waals surface area (Å²) in [6, 6.07) is 13.5. The van der Waals surface area contributed by atoms with Gasteiger partial charge in [-0.15, -0.1) is 0 Å². The van der Waals surface area contributed by atoms with E-state index in [4.69, 9.17) is 10.5 Å². The van der Waals surface area contributed by atoms with Crippen molar-refractivity contribution >= 4 is 5.97 Å². The van der Waals surface area contributed by atoms with Gasteiger partial charge < -0.3 is 10.5 Å². The van der Waals surface area contributed by atoms with Gasteiger partial charge in [0.05, 0.1) is 6.61 Å². The average molecular weight is 284 g/mol. The largest absolute Gasteiger partial charge is 0.465 e. The fourth-order valence-electron chi connectivity index (χ4n) is 2.31. The van der Waals surface area contributed by atoms with Crippen molar-refractivity contribution in [2.24, 2.45) is 5.73 Å². The van der Waals surface area contributed by atoms with Crippen molar-refractivity contribution < 1.29 is 9.53 Å². The third-order valence-corrected chi connectivity index (χ3v) is 3.31. The zero-order valence-corrected chi connectivity index (χ0v) is 12.2. The van der Waals surface area contributed by atoms with Crippen LogP contribution in [0.4, 0.5) is 0 Å². The molecule has 0 amide bonds. The van der Waals surface area contributed by atoms with E-state index in [2.05, 4.69) is 4.98 Å². The highest BCUT2D eigenvalue weighted by molar-refractivity contribution is 5.81. The van der Waals surface area contributed by atoms with Crippen LogP contribution in [0.25, 0.3) is 0 Å². The van der Waals surface area contributed by atoms with Gasteiger partial charge in [0.2, 0.25) is 0 Å². The molecule has 0 fully saturated rings. The number of rotatable bonds is 6. The second-order valence-electron chi connectivity index (χ2n) is 5.07. The van der Waals surface area contributed by atoms with Gasteiger partial charge in [-0.2, -0.15) is 0 Å². The van der Waals surface area contributed by atoms with Gasteiger partial charge in [0.25, 0.3) is 0 Å². The maximum atomic E-state index is 12.3. The first-order chi connectivity index (χ1) is 10.1. The first-order valence-electron chi connectivity index (χ1n) is 7.03. The summed E-state index contributed by atoms with van der Waals surface area (Å²) in [6.07, 6.45) is 4.26. The minimum Gasteiger partial charge on any atom is -0.465 e. The Kier molecular flexibility index (Phi) is 5.06. The van der Waals surface area contributed by atoms with E-state index in [1.54, 1.807) is 19.3 Å². The molecule has 4 nitrogen and oxygen atoms in total. The molecule has 1 aromatic heterocycles. The topological polar surface area (TPSA) is 65.2 Å². The molecule has 1 heterocycles. The summed E-state index contributed by atoms with van der Waals surface area (Å²) in [6.45, 7) is 2.11. The number of hydrogen-bond donors (Lipinski definition) is 1. The van der Waals surface area contributed by atoms with E-state index in [1.807, 2.05) is 42.5 Å². The Morgan fingerprint density at radius 1 is 1.10 bits per heavy atom. The summed E-state index contributed by atoms with van der Waals surface area (Å²) in [5.74, 6) is -0.370. The van der Waals surface area contributed by atoms with Gasteiger partial charge in [0.15, 0.2) is 0 Å². The van der Waals surface area contributed by atoms with E-state index in [-0.39, 0.29) is 5.97 Å².